The number of methoxy groups -OCH3 is 1. The number of nitrogens with one attached hydrogen (secondary N) is 1. The van der Waals surface area contributed by atoms with Gasteiger partial charge in [-0.25, -0.2) is 0 Å². The molecule has 0 aliphatic heterocycles. The molecule has 0 aliphatic carbocycles. The summed E-state index contributed by atoms with van der Waals surface area (Å²) in [5, 5.41) is 3.55. The average molecular weight is 265 g/mol. The molecule has 0 saturated carbocycles. The van der Waals surface area contributed by atoms with Gasteiger partial charge in [-0.1, -0.05) is 31.5 Å². The molecule has 0 spiro atoms. The highest BCUT2D eigenvalue weighted by atomic mass is 16.5. The summed E-state index contributed by atoms with van der Waals surface area (Å²) in [5.41, 5.74) is 1.20. The molecule has 1 unspecified atom stereocenters. The molecular weight excluding hydrogens is 238 g/mol. The number of hydrogen-bond acceptors (Lipinski definition) is 3. The third kappa shape index (κ3) is 6.08. The number of benzene rings is 1. The Morgan fingerprint density at radius 2 is 1.95 bits per heavy atom. The maximum Gasteiger partial charge on any atom is 0.124 e. The van der Waals surface area contributed by atoms with E-state index >= 15 is 0 Å². The van der Waals surface area contributed by atoms with Crippen LogP contribution in [-0.2, 0) is 11.3 Å². The highest BCUT2D eigenvalue weighted by molar-refractivity contribution is 5.33. The molecule has 1 rings (SSSR count). The second-order valence-electron chi connectivity index (χ2n) is 5.10. The molecular formula is C16H27NO2. The second-order valence-corrected chi connectivity index (χ2v) is 5.10. The molecule has 1 N–H and O–H groups in total. The molecule has 0 radical (unpaired) electrons. The van der Waals surface area contributed by atoms with Crippen molar-refractivity contribution >= 4 is 0 Å². The van der Waals surface area contributed by atoms with Gasteiger partial charge in [0.15, 0.2) is 0 Å². The molecule has 1 aromatic rings. The molecule has 1 aromatic carbocycles. The first-order valence-corrected chi connectivity index (χ1v) is 7.14. The fourth-order valence-electron chi connectivity index (χ4n) is 2.07. The van der Waals surface area contributed by atoms with E-state index in [1.54, 1.807) is 7.11 Å². The molecule has 0 bridgehead atoms. The zero-order chi connectivity index (χ0) is 14.1. The second kappa shape index (κ2) is 8.94. The van der Waals surface area contributed by atoms with Crippen LogP contribution in [-0.4, -0.2) is 25.9 Å². The minimum absolute atomic E-state index is 0.201. The van der Waals surface area contributed by atoms with E-state index in [2.05, 4.69) is 38.2 Å². The molecule has 0 amide bonds. The lowest BCUT2D eigenvalue weighted by atomic mass is 10.1. The molecule has 0 aromatic heterocycles. The lowest BCUT2D eigenvalue weighted by Crippen LogP contribution is -2.32. The number of para-hydroxylation sites is 1. The van der Waals surface area contributed by atoms with Crippen LogP contribution in [0.5, 0.6) is 5.75 Å². The summed E-state index contributed by atoms with van der Waals surface area (Å²) in [6.07, 6.45) is 2.48. The Kier molecular flexibility index (Phi) is 7.53. The van der Waals surface area contributed by atoms with Gasteiger partial charge < -0.3 is 14.8 Å². The van der Waals surface area contributed by atoms with E-state index in [1.807, 2.05) is 12.1 Å². The monoisotopic (exact) mass is 265 g/mol. The molecule has 0 fully saturated rings. The van der Waals surface area contributed by atoms with Crippen molar-refractivity contribution in [3.63, 3.8) is 0 Å². The molecule has 3 heteroatoms. The van der Waals surface area contributed by atoms with Crippen LogP contribution in [0.3, 0.4) is 0 Å². The highest BCUT2D eigenvalue weighted by Crippen LogP contribution is 2.19. The van der Waals surface area contributed by atoms with E-state index in [0.717, 1.165) is 31.7 Å². The van der Waals surface area contributed by atoms with E-state index in [4.69, 9.17) is 9.47 Å². The predicted octanol–water partition coefficient (Wildman–Crippen LogP) is 3.38. The normalized spacial score (nSPS) is 12.7. The average Bonchev–Trinajstić information content (AvgIpc) is 2.37. The number of rotatable bonds is 9. The zero-order valence-corrected chi connectivity index (χ0v) is 12.6. The minimum atomic E-state index is 0.201. The SMILES string of the molecule is CCCC(COC)NCc1ccccc1OC(C)C. The molecule has 3 nitrogen and oxygen atoms in total. The van der Waals surface area contributed by atoms with E-state index in [-0.39, 0.29) is 6.10 Å². The van der Waals surface area contributed by atoms with Crippen molar-refractivity contribution in [3.05, 3.63) is 29.8 Å². The van der Waals surface area contributed by atoms with E-state index < -0.39 is 0 Å². The molecule has 0 aliphatic rings. The van der Waals surface area contributed by atoms with E-state index in [1.165, 1.54) is 5.56 Å². The fourth-order valence-corrected chi connectivity index (χ4v) is 2.07. The lowest BCUT2D eigenvalue weighted by Gasteiger charge is -2.19. The zero-order valence-electron chi connectivity index (χ0n) is 12.6. The van der Waals surface area contributed by atoms with Crippen molar-refractivity contribution in [1.82, 2.24) is 5.32 Å². The van der Waals surface area contributed by atoms with Gasteiger partial charge in [0.2, 0.25) is 0 Å². The van der Waals surface area contributed by atoms with Gasteiger partial charge in [0.25, 0.3) is 0 Å². The summed E-state index contributed by atoms with van der Waals surface area (Å²) in [4.78, 5) is 0. The Morgan fingerprint density at radius 1 is 1.21 bits per heavy atom. The van der Waals surface area contributed by atoms with Crippen LogP contribution < -0.4 is 10.1 Å². The standard InChI is InChI=1S/C16H27NO2/c1-5-8-15(12-18-4)17-11-14-9-6-7-10-16(14)19-13(2)3/h6-7,9-10,13,15,17H,5,8,11-12H2,1-4H3. The molecule has 0 heterocycles. The van der Waals surface area contributed by atoms with Crippen molar-refractivity contribution in [2.45, 2.75) is 52.3 Å². The van der Waals surface area contributed by atoms with Crippen molar-refractivity contribution < 1.29 is 9.47 Å². The first-order valence-electron chi connectivity index (χ1n) is 7.14. The van der Waals surface area contributed by atoms with Crippen LogP contribution in [0.25, 0.3) is 0 Å². The molecule has 19 heavy (non-hydrogen) atoms. The van der Waals surface area contributed by atoms with Gasteiger partial charge in [0, 0.05) is 25.3 Å². The topological polar surface area (TPSA) is 30.5 Å². The summed E-state index contributed by atoms with van der Waals surface area (Å²) in [5.74, 6) is 0.970. The molecule has 108 valence electrons. The van der Waals surface area contributed by atoms with Gasteiger partial charge in [0.1, 0.15) is 5.75 Å². The Hall–Kier alpha value is -1.06. The third-order valence-electron chi connectivity index (χ3n) is 2.92. The van der Waals surface area contributed by atoms with Gasteiger partial charge >= 0.3 is 0 Å². The maximum atomic E-state index is 5.83. The maximum absolute atomic E-state index is 5.83. The smallest absolute Gasteiger partial charge is 0.124 e. The minimum Gasteiger partial charge on any atom is -0.491 e. The summed E-state index contributed by atoms with van der Waals surface area (Å²) < 4.78 is 11.1. The Bertz CT molecular complexity index is 346. The quantitative estimate of drug-likeness (QED) is 0.742. The third-order valence-corrected chi connectivity index (χ3v) is 2.92. The van der Waals surface area contributed by atoms with Gasteiger partial charge in [-0.05, 0) is 26.3 Å². The van der Waals surface area contributed by atoms with Gasteiger partial charge in [-0.2, -0.15) is 0 Å². The van der Waals surface area contributed by atoms with Gasteiger partial charge in [-0.3, -0.25) is 0 Å². The Morgan fingerprint density at radius 3 is 2.58 bits per heavy atom. The van der Waals surface area contributed by atoms with E-state index in [9.17, 15) is 0 Å². The molecule has 0 saturated heterocycles. The van der Waals surface area contributed by atoms with Crippen LogP contribution in [0.15, 0.2) is 24.3 Å². The van der Waals surface area contributed by atoms with Crippen molar-refractivity contribution in [2.24, 2.45) is 0 Å². The highest BCUT2D eigenvalue weighted by Gasteiger charge is 2.09. The van der Waals surface area contributed by atoms with Crippen molar-refractivity contribution in [2.75, 3.05) is 13.7 Å². The van der Waals surface area contributed by atoms with Crippen molar-refractivity contribution in [3.8, 4) is 5.75 Å². The predicted molar refractivity (Wildman–Crippen MR) is 79.6 cm³/mol. The Balaban J connectivity index is 2.59. The summed E-state index contributed by atoms with van der Waals surface area (Å²) in [6, 6.07) is 8.61. The lowest BCUT2D eigenvalue weighted by molar-refractivity contribution is 0.161. The molecule has 1 atom stereocenters. The summed E-state index contributed by atoms with van der Waals surface area (Å²) >= 11 is 0. The van der Waals surface area contributed by atoms with Gasteiger partial charge in [-0.15, -0.1) is 0 Å². The van der Waals surface area contributed by atoms with Crippen molar-refractivity contribution in [1.29, 1.82) is 0 Å². The fraction of sp³-hybridized carbons (Fsp3) is 0.625. The number of ether oxygens (including phenoxy) is 2. The largest absolute Gasteiger partial charge is 0.491 e. The summed E-state index contributed by atoms with van der Waals surface area (Å²) in [7, 11) is 1.75. The van der Waals surface area contributed by atoms with Crippen LogP contribution in [0.2, 0.25) is 0 Å². The number of hydrogen-bond donors (Lipinski definition) is 1. The van der Waals surface area contributed by atoms with Crippen LogP contribution in [0.4, 0.5) is 0 Å². The van der Waals surface area contributed by atoms with Crippen LogP contribution in [0, 0.1) is 0 Å². The van der Waals surface area contributed by atoms with Gasteiger partial charge in [0.05, 0.1) is 12.7 Å². The van der Waals surface area contributed by atoms with Crippen LogP contribution >= 0.6 is 0 Å². The summed E-state index contributed by atoms with van der Waals surface area (Å²) in [6.45, 7) is 7.86. The first kappa shape index (κ1) is 16.0. The van der Waals surface area contributed by atoms with E-state index in [0.29, 0.717) is 6.04 Å². The van der Waals surface area contributed by atoms with Crippen LogP contribution in [0.1, 0.15) is 39.2 Å². The Labute approximate surface area is 117 Å². The first-order chi connectivity index (χ1) is 9.17.